The molecule has 2 aliphatic carbocycles. The third kappa shape index (κ3) is 2.15. The lowest BCUT2D eigenvalue weighted by atomic mass is 9.90. The standard InChI is InChI=1S/C12H17Cl2N3O/c1-10(13)4-9(10)5-12(18,11(14)2-3-11)6-17-8-15-7-16-17/h7-9,18H,2-6H2,1H3. The van der Waals surface area contributed by atoms with Gasteiger partial charge < -0.3 is 5.11 Å². The maximum atomic E-state index is 10.9. The number of halogens is 2. The quantitative estimate of drug-likeness (QED) is 0.846. The summed E-state index contributed by atoms with van der Waals surface area (Å²) in [7, 11) is 0. The summed E-state index contributed by atoms with van der Waals surface area (Å²) in [6, 6.07) is 0. The predicted molar refractivity (Wildman–Crippen MR) is 69.8 cm³/mol. The zero-order valence-electron chi connectivity index (χ0n) is 10.3. The second-order valence-electron chi connectivity index (χ2n) is 5.97. The monoisotopic (exact) mass is 289 g/mol. The Morgan fingerprint density at radius 3 is 2.61 bits per heavy atom. The molecule has 100 valence electrons. The van der Waals surface area contributed by atoms with Gasteiger partial charge in [0.2, 0.25) is 0 Å². The largest absolute Gasteiger partial charge is 0.386 e. The molecule has 4 nitrogen and oxygen atoms in total. The smallest absolute Gasteiger partial charge is 0.137 e. The minimum Gasteiger partial charge on any atom is -0.386 e. The first-order chi connectivity index (χ1) is 8.35. The van der Waals surface area contributed by atoms with Crippen LogP contribution >= 0.6 is 23.2 Å². The van der Waals surface area contributed by atoms with Crippen LogP contribution in [0.15, 0.2) is 12.7 Å². The molecule has 0 aromatic carbocycles. The van der Waals surface area contributed by atoms with E-state index in [1.165, 1.54) is 6.33 Å². The second kappa shape index (κ2) is 3.84. The van der Waals surface area contributed by atoms with E-state index in [2.05, 4.69) is 10.1 Å². The summed E-state index contributed by atoms with van der Waals surface area (Å²) < 4.78 is 1.65. The van der Waals surface area contributed by atoms with E-state index in [4.69, 9.17) is 23.2 Å². The number of aliphatic hydroxyl groups is 1. The molecule has 0 spiro atoms. The SMILES string of the molecule is CC1(Cl)CC1CC(O)(Cn1cncn1)C1(Cl)CC1. The number of aromatic nitrogens is 3. The van der Waals surface area contributed by atoms with Crippen LogP contribution < -0.4 is 0 Å². The van der Waals surface area contributed by atoms with Gasteiger partial charge in [-0.25, -0.2) is 4.98 Å². The van der Waals surface area contributed by atoms with Crippen molar-refractivity contribution in [1.29, 1.82) is 0 Å². The molecule has 2 fully saturated rings. The zero-order valence-corrected chi connectivity index (χ0v) is 11.8. The molecule has 3 unspecified atom stereocenters. The van der Waals surface area contributed by atoms with Gasteiger partial charge in [0, 0.05) is 4.87 Å². The highest BCUT2D eigenvalue weighted by molar-refractivity contribution is 6.27. The van der Waals surface area contributed by atoms with Gasteiger partial charge in [0.25, 0.3) is 0 Å². The highest BCUT2D eigenvalue weighted by Crippen LogP contribution is 2.59. The highest BCUT2D eigenvalue weighted by atomic mass is 35.5. The van der Waals surface area contributed by atoms with Gasteiger partial charge in [0.05, 0.1) is 11.4 Å². The number of nitrogens with zero attached hydrogens (tertiary/aromatic N) is 3. The van der Waals surface area contributed by atoms with Crippen molar-refractivity contribution in [2.24, 2.45) is 5.92 Å². The molecule has 1 N–H and O–H groups in total. The Hall–Kier alpha value is -0.320. The molecule has 3 atom stereocenters. The van der Waals surface area contributed by atoms with Crippen molar-refractivity contribution in [3.05, 3.63) is 12.7 Å². The van der Waals surface area contributed by atoms with Crippen molar-refractivity contribution in [2.45, 2.75) is 54.5 Å². The van der Waals surface area contributed by atoms with Crippen LogP contribution in [0.5, 0.6) is 0 Å². The number of rotatable bonds is 5. The predicted octanol–water partition coefficient (Wildman–Crippen LogP) is 2.19. The van der Waals surface area contributed by atoms with Crippen LogP contribution in [0.2, 0.25) is 0 Å². The number of alkyl halides is 2. The molecule has 2 saturated carbocycles. The Morgan fingerprint density at radius 1 is 1.50 bits per heavy atom. The lowest BCUT2D eigenvalue weighted by Gasteiger charge is -2.33. The van der Waals surface area contributed by atoms with Gasteiger partial charge in [-0.2, -0.15) is 5.10 Å². The second-order valence-corrected chi connectivity index (χ2v) is 7.56. The van der Waals surface area contributed by atoms with Crippen LogP contribution in [0.25, 0.3) is 0 Å². The van der Waals surface area contributed by atoms with Crippen LogP contribution in [0.4, 0.5) is 0 Å². The van der Waals surface area contributed by atoms with Crippen molar-refractivity contribution < 1.29 is 5.11 Å². The van der Waals surface area contributed by atoms with Gasteiger partial charge >= 0.3 is 0 Å². The van der Waals surface area contributed by atoms with Crippen molar-refractivity contribution in [3.63, 3.8) is 0 Å². The molecule has 3 rings (SSSR count). The van der Waals surface area contributed by atoms with E-state index in [0.29, 0.717) is 18.9 Å². The van der Waals surface area contributed by atoms with Gasteiger partial charge in [-0.15, -0.1) is 23.2 Å². The first kappa shape index (κ1) is 12.7. The minimum atomic E-state index is -0.945. The molecule has 0 bridgehead atoms. The fraction of sp³-hybridized carbons (Fsp3) is 0.833. The fourth-order valence-electron chi connectivity index (χ4n) is 2.66. The molecule has 2 aliphatic rings. The molecule has 18 heavy (non-hydrogen) atoms. The minimum absolute atomic E-state index is 0.168. The van der Waals surface area contributed by atoms with Gasteiger partial charge in [-0.3, -0.25) is 4.68 Å². The van der Waals surface area contributed by atoms with E-state index in [1.54, 1.807) is 11.0 Å². The summed E-state index contributed by atoms with van der Waals surface area (Å²) >= 11 is 12.8. The van der Waals surface area contributed by atoms with Gasteiger partial charge in [-0.1, -0.05) is 0 Å². The summed E-state index contributed by atoms with van der Waals surface area (Å²) in [6.45, 7) is 2.41. The van der Waals surface area contributed by atoms with Crippen LogP contribution in [-0.2, 0) is 6.54 Å². The van der Waals surface area contributed by atoms with Crippen molar-refractivity contribution in [1.82, 2.24) is 14.8 Å². The summed E-state index contributed by atoms with van der Waals surface area (Å²) in [5, 5.41) is 15.0. The van der Waals surface area contributed by atoms with E-state index in [9.17, 15) is 5.11 Å². The first-order valence-corrected chi connectivity index (χ1v) is 7.03. The lowest BCUT2D eigenvalue weighted by molar-refractivity contribution is -0.00643. The average Bonchev–Trinajstić information content (AvgIpc) is 3.06. The van der Waals surface area contributed by atoms with Crippen LogP contribution in [0, 0.1) is 5.92 Å². The molecular formula is C12H17Cl2N3O. The van der Waals surface area contributed by atoms with Gasteiger partial charge in [0.15, 0.2) is 0 Å². The molecule has 1 heterocycles. The van der Waals surface area contributed by atoms with E-state index in [0.717, 1.165) is 19.3 Å². The van der Waals surface area contributed by atoms with E-state index < -0.39 is 10.5 Å². The van der Waals surface area contributed by atoms with Crippen molar-refractivity contribution >= 4 is 23.2 Å². The molecular weight excluding hydrogens is 273 g/mol. The molecule has 0 saturated heterocycles. The lowest BCUT2D eigenvalue weighted by Crippen LogP contribution is -2.46. The summed E-state index contributed by atoms with van der Waals surface area (Å²) in [6.07, 6.45) is 6.37. The van der Waals surface area contributed by atoms with E-state index in [1.807, 2.05) is 6.92 Å². The van der Waals surface area contributed by atoms with Crippen LogP contribution in [-0.4, -0.2) is 35.2 Å². The average molecular weight is 290 g/mol. The van der Waals surface area contributed by atoms with Gasteiger partial charge in [0.1, 0.15) is 18.3 Å². The Balaban J connectivity index is 1.76. The summed E-state index contributed by atoms with van der Waals surface area (Å²) in [5.41, 5.74) is -0.945. The fourth-order valence-corrected chi connectivity index (χ4v) is 3.16. The molecule has 0 radical (unpaired) electrons. The normalized spacial score (nSPS) is 36.1. The first-order valence-electron chi connectivity index (χ1n) is 6.27. The van der Waals surface area contributed by atoms with Gasteiger partial charge in [-0.05, 0) is 38.5 Å². The topological polar surface area (TPSA) is 50.9 Å². The Labute approximate surface area is 116 Å². The van der Waals surface area contributed by atoms with Crippen LogP contribution in [0.3, 0.4) is 0 Å². The Kier molecular flexibility index (Phi) is 2.71. The zero-order chi connectivity index (χ0) is 13.0. The van der Waals surface area contributed by atoms with Crippen molar-refractivity contribution in [2.75, 3.05) is 0 Å². The van der Waals surface area contributed by atoms with Crippen LogP contribution in [0.1, 0.15) is 32.6 Å². The molecule has 1 aromatic rings. The molecule has 6 heteroatoms. The highest BCUT2D eigenvalue weighted by Gasteiger charge is 2.62. The van der Waals surface area contributed by atoms with E-state index >= 15 is 0 Å². The Morgan fingerprint density at radius 2 is 2.17 bits per heavy atom. The summed E-state index contributed by atoms with van der Waals surface area (Å²) in [5.74, 6) is 0.337. The van der Waals surface area contributed by atoms with E-state index in [-0.39, 0.29) is 4.87 Å². The Bertz CT molecular complexity index is 444. The van der Waals surface area contributed by atoms with Crippen molar-refractivity contribution in [3.8, 4) is 0 Å². The summed E-state index contributed by atoms with van der Waals surface area (Å²) in [4.78, 5) is 3.23. The maximum absolute atomic E-state index is 10.9. The third-order valence-electron chi connectivity index (χ3n) is 4.33. The number of hydrogen-bond acceptors (Lipinski definition) is 3. The third-order valence-corrected chi connectivity index (χ3v) is 5.53. The number of hydrogen-bond donors (Lipinski definition) is 1. The maximum Gasteiger partial charge on any atom is 0.137 e. The molecule has 0 amide bonds. The molecule has 1 aromatic heterocycles. The molecule has 0 aliphatic heterocycles.